The van der Waals surface area contributed by atoms with Crippen LogP contribution in [0.1, 0.15) is 30.6 Å². The van der Waals surface area contributed by atoms with Gasteiger partial charge in [0.1, 0.15) is 5.82 Å². The molecule has 1 aliphatic rings. The number of likely N-dealkylation sites (tertiary alicyclic amines) is 1. The van der Waals surface area contributed by atoms with Gasteiger partial charge in [-0.15, -0.1) is 0 Å². The summed E-state index contributed by atoms with van der Waals surface area (Å²) < 4.78 is 18.4. The second-order valence-corrected chi connectivity index (χ2v) is 5.58. The average molecular weight is 279 g/mol. The van der Waals surface area contributed by atoms with E-state index in [0.717, 1.165) is 19.5 Å². The van der Waals surface area contributed by atoms with Crippen molar-refractivity contribution >= 4 is 5.78 Å². The number of carbonyl (C=O) groups excluding carboxylic acids is 1. The van der Waals surface area contributed by atoms with E-state index in [1.54, 1.807) is 19.2 Å². The molecule has 0 N–H and O–H groups in total. The lowest BCUT2D eigenvalue weighted by molar-refractivity contribution is -0.0139. The van der Waals surface area contributed by atoms with Gasteiger partial charge in [0.05, 0.1) is 12.1 Å². The van der Waals surface area contributed by atoms with E-state index < -0.39 is 0 Å². The van der Waals surface area contributed by atoms with Crippen LogP contribution in [0.4, 0.5) is 4.39 Å². The lowest BCUT2D eigenvalue weighted by atomic mass is 9.93. The second-order valence-electron chi connectivity index (χ2n) is 5.58. The topological polar surface area (TPSA) is 29.5 Å². The first-order chi connectivity index (χ1) is 9.52. The van der Waals surface area contributed by atoms with E-state index in [2.05, 4.69) is 11.8 Å². The first-order valence-electron chi connectivity index (χ1n) is 7.09. The molecule has 3 atom stereocenters. The summed E-state index contributed by atoms with van der Waals surface area (Å²) >= 11 is 0. The van der Waals surface area contributed by atoms with Crippen LogP contribution in [-0.2, 0) is 4.74 Å². The summed E-state index contributed by atoms with van der Waals surface area (Å²) in [5.41, 5.74) is 0.562. The van der Waals surface area contributed by atoms with Crippen molar-refractivity contribution in [3.8, 4) is 0 Å². The van der Waals surface area contributed by atoms with E-state index in [9.17, 15) is 9.18 Å². The van der Waals surface area contributed by atoms with Gasteiger partial charge in [-0.1, -0.05) is 6.92 Å². The smallest absolute Gasteiger partial charge is 0.179 e. The van der Waals surface area contributed by atoms with E-state index >= 15 is 0 Å². The average Bonchev–Trinajstić information content (AvgIpc) is 2.47. The molecular weight excluding hydrogens is 257 g/mol. The second kappa shape index (κ2) is 6.46. The standard InChI is InChI=1S/C16H22FNO2/c1-11-8-9-18(10-15(11)20-3)12(2)16(19)13-4-6-14(17)7-5-13/h4-7,11-12,15H,8-10H2,1-3H3. The molecule has 3 nitrogen and oxygen atoms in total. The maximum Gasteiger partial charge on any atom is 0.179 e. The van der Waals surface area contributed by atoms with Crippen molar-refractivity contribution in [3.63, 3.8) is 0 Å². The van der Waals surface area contributed by atoms with Gasteiger partial charge in [0.25, 0.3) is 0 Å². The molecule has 20 heavy (non-hydrogen) atoms. The number of rotatable bonds is 4. The number of piperidine rings is 1. The Bertz CT molecular complexity index is 460. The Morgan fingerprint density at radius 2 is 2.05 bits per heavy atom. The molecule has 1 aromatic carbocycles. The van der Waals surface area contributed by atoms with Crippen molar-refractivity contribution in [2.75, 3.05) is 20.2 Å². The number of hydrogen-bond donors (Lipinski definition) is 0. The highest BCUT2D eigenvalue weighted by atomic mass is 19.1. The lowest BCUT2D eigenvalue weighted by Gasteiger charge is -2.38. The van der Waals surface area contributed by atoms with Crippen LogP contribution in [0.15, 0.2) is 24.3 Å². The van der Waals surface area contributed by atoms with Gasteiger partial charge >= 0.3 is 0 Å². The highest BCUT2D eigenvalue weighted by Gasteiger charge is 2.31. The number of ether oxygens (including phenoxy) is 1. The molecule has 0 bridgehead atoms. The monoisotopic (exact) mass is 279 g/mol. The zero-order chi connectivity index (χ0) is 14.7. The van der Waals surface area contributed by atoms with Crippen LogP contribution in [0.25, 0.3) is 0 Å². The van der Waals surface area contributed by atoms with Crippen LogP contribution in [0.5, 0.6) is 0 Å². The van der Waals surface area contributed by atoms with Gasteiger partial charge in [0.15, 0.2) is 5.78 Å². The van der Waals surface area contributed by atoms with Crippen molar-refractivity contribution in [1.82, 2.24) is 4.90 Å². The van der Waals surface area contributed by atoms with Gasteiger partial charge in [0.2, 0.25) is 0 Å². The Labute approximate surface area is 119 Å². The van der Waals surface area contributed by atoms with E-state index in [1.807, 2.05) is 6.92 Å². The van der Waals surface area contributed by atoms with E-state index in [0.29, 0.717) is 11.5 Å². The molecule has 0 radical (unpaired) electrons. The quantitative estimate of drug-likeness (QED) is 0.794. The number of benzene rings is 1. The molecule has 1 heterocycles. The molecule has 0 spiro atoms. The minimum absolute atomic E-state index is 0.0365. The molecule has 0 saturated carbocycles. The van der Waals surface area contributed by atoms with Crippen molar-refractivity contribution in [2.45, 2.75) is 32.4 Å². The number of carbonyl (C=O) groups is 1. The van der Waals surface area contributed by atoms with Crippen molar-refractivity contribution < 1.29 is 13.9 Å². The van der Waals surface area contributed by atoms with Gasteiger partial charge < -0.3 is 4.74 Å². The maximum atomic E-state index is 12.9. The van der Waals surface area contributed by atoms with E-state index in [-0.39, 0.29) is 23.7 Å². The fourth-order valence-corrected chi connectivity index (χ4v) is 2.74. The van der Waals surface area contributed by atoms with E-state index in [4.69, 9.17) is 4.74 Å². The molecule has 0 aliphatic carbocycles. The number of ketones is 1. The lowest BCUT2D eigenvalue weighted by Crippen LogP contribution is -2.50. The Morgan fingerprint density at radius 1 is 1.40 bits per heavy atom. The van der Waals surface area contributed by atoms with Crippen LogP contribution in [0.2, 0.25) is 0 Å². The third-order valence-electron chi connectivity index (χ3n) is 4.28. The zero-order valence-corrected chi connectivity index (χ0v) is 12.3. The molecule has 4 heteroatoms. The molecule has 0 aromatic heterocycles. The fourth-order valence-electron chi connectivity index (χ4n) is 2.74. The SMILES string of the molecule is COC1CN(C(C)C(=O)c2ccc(F)cc2)CCC1C. The Hall–Kier alpha value is -1.26. The molecule has 0 amide bonds. The minimum atomic E-state index is -0.319. The number of Topliss-reactive ketones (excluding diaryl/α,β-unsaturated/α-hetero) is 1. The maximum absolute atomic E-state index is 12.9. The van der Waals surface area contributed by atoms with Crippen molar-refractivity contribution in [3.05, 3.63) is 35.6 Å². The number of methoxy groups -OCH3 is 1. The summed E-state index contributed by atoms with van der Waals surface area (Å²) in [7, 11) is 1.72. The van der Waals surface area contributed by atoms with Gasteiger partial charge in [0, 0.05) is 19.2 Å². The molecule has 110 valence electrons. The van der Waals surface area contributed by atoms with Gasteiger partial charge in [-0.05, 0) is 50.1 Å². The Kier molecular flexibility index (Phi) is 4.89. The van der Waals surface area contributed by atoms with Crippen LogP contribution in [-0.4, -0.2) is 43.0 Å². The fraction of sp³-hybridized carbons (Fsp3) is 0.562. The third-order valence-corrected chi connectivity index (χ3v) is 4.28. The predicted molar refractivity (Wildman–Crippen MR) is 76.3 cm³/mol. The van der Waals surface area contributed by atoms with Crippen LogP contribution in [0, 0.1) is 11.7 Å². The molecule has 2 rings (SSSR count). The summed E-state index contributed by atoms with van der Waals surface area (Å²) in [5.74, 6) is 0.235. The predicted octanol–water partition coefficient (Wildman–Crippen LogP) is 2.75. The summed E-state index contributed by atoms with van der Waals surface area (Å²) in [6, 6.07) is 5.56. The molecular formula is C16H22FNO2. The van der Waals surface area contributed by atoms with Crippen LogP contribution in [0.3, 0.4) is 0 Å². The van der Waals surface area contributed by atoms with Crippen LogP contribution < -0.4 is 0 Å². The highest BCUT2D eigenvalue weighted by Crippen LogP contribution is 2.22. The summed E-state index contributed by atoms with van der Waals surface area (Å²) in [5, 5.41) is 0. The zero-order valence-electron chi connectivity index (χ0n) is 12.3. The molecule has 3 unspecified atom stereocenters. The summed E-state index contributed by atoms with van der Waals surface area (Å²) in [6.07, 6.45) is 1.20. The Morgan fingerprint density at radius 3 is 2.65 bits per heavy atom. The molecule has 1 fully saturated rings. The minimum Gasteiger partial charge on any atom is -0.380 e. The van der Waals surface area contributed by atoms with E-state index in [1.165, 1.54) is 12.1 Å². The Balaban J connectivity index is 2.05. The summed E-state index contributed by atoms with van der Waals surface area (Å²) in [4.78, 5) is 14.6. The van der Waals surface area contributed by atoms with Gasteiger partial charge in [-0.25, -0.2) is 4.39 Å². The first-order valence-corrected chi connectivity index (χ1v) is 7.09. The van der Waals surface area contributed by atoms with Crippen molar-refractivity contribution in [2.24, 2.45) is 5.92 Å². The molecule has 1 aromatic rings. The first kappa shape index (κ1) is 15.1. The van der Waals surface area contributed by atoms with Gasteiger partial charge in [-0.3, -0.25) is 9.69 Å². The largest absolute Gasteiger partial charge is 0.380 e. The molecule has 1 aliphatic heterocycles. The summed E-state index contributed by atoms with van der Waals surface area (Å²) in [6.45, 7) is 5.76. The third kappa shape index (κ3) is 3.25. The van der Waals surface area contributed by atoms with Gasteiger partial charge in [-0.2, -0.15) is 0 Å². The van der Waals surface area contributed by atoms with Crippen LogP contribution >= 0.6 is 0 Å². The number of hydrogen-bond acceptors (Lipinski definition) is 3. The normalized spacial score (nSPS) is 25.4. The molecule has 1 saturated heterocycles. The number of nitrogens with zero attached hydrogens (tertiary/aromatic N) is 1. The number of halogens is 1. The highest BCUT2D eigenvalue weighted by molar-refractivity contribution is 5.99. The van der Waals surface area contributed by atoms with Crippen molar-refractivity contribution in [1.29, 1.82) is 0 Å².